The first-order valence-electron chi connectivity index (χ1n) is 11.6. The van der Waals surface area contributed by atoms with Crippen LogP contribution in [0.2, 0.25) is 10.0 Å². The van der Waals surface area contributed by atoms with Crippen LogP contribution in [0.15, 0.2) is 29.6 Å². The van der Waals surface area contributed by atoms with Crippen molar-refractivity contribution in [2.24, 2.45) is 0 Å². The Balaban J connectivity index is 1.36. The molecule has 2 aliphatic rings. The van der Waals surface area contributed by atoms with Crippen molar-refractivity contribution in [3.8, 4) is 10.6 Å². The van der Waals surface area contributed by atoms with Gasteiger partial charge in [-0.15, -0.1) is 11.3 Å². The lowest BCUT2D eigenvalue weighted by molar-refractivity contribution is 0.102. The van der Waals surface area contributed by atoms with Crippen LogP contribution in [0, 0.1) is 0 Å². The van der Waals surface area contributed by atoms with Gasteiger partial charge >= 0.3 is 0 Å². The standard InChI is InChI=1S/C24H27Cl2N5OS2/c25-16-13-20(33-14-16)21-23(31-10-8-30(9-11-31)17-4-2-1-3-5-17)34-24(28-21)29-22(32)15-6-7-19(27)18(26)12-15/h6-7,12-14,17H,1-5,8-11,27H2,(H,28,29,32). The monoisotopic (exact) mass is 535 g/mol. The van der Waals surface area contributed by atoms with Gasteiger partial charge in [0, 0.05) is 43.2 Å². The van der Waals surface area contributed by atoms with Crippen molar-refractivity contribution in [3.63, 3.8) is 0 Å². The minimum absolute atomic E-state index is 0.264. The number of nitrogen functional groups attached to an aromatic ring is 1. The van der Waals surface area contributed by atoms with Crippen LogP contribution in [-0.2, 0) is 0 Å². The molecule has 5 rings (SSSR count). The summed E-state index contributed by atoms with van der Waals surface area (Å²) in [5, 5.41) is 7.55. The molecular weight excluding hydrogens is 509 g/mol. The fourth-order valence-electron chi connectivity index (χ4n) is 4.75. The van der Waals surface area contributed by atoms with Gasteiger partial charge in [0.15, 0.2) is 5.13 Å². The molecule has 1 saturated heterocycles. The zero-order valence-electron chi connectivity index (χ0n) is 18.7. The highest BCUT2D eigenvalue weighted by atomic mass is 35.5. The van der Waals surface area contributed by atoms with Crippen molar-refractivity contribution in [2.75, 3.05) is 42.1 Å². The van der Waals surface area contributed by atoms with Gasteiger partial charge in [-0.25, -0.2) is 4.98 Å². The maximum Gasteiger partial charge on any atom is 0.257 e. The van der Waals surface area contributed by atoms with Crippen LogP contribution in [0.5, 0.6) is 0 Å². The summed E-state index contributed by atoms with van der Waals surface area (Å²) in [6.07, 6.45) is 6.73. The van der Waals surface area contributed by atoms with Crippen LogP contribution >= 0.6 is 45.9 Å². The molecule has 0 atom stereocenters. The van der Waals surface area contributed by atoms with E-state index >= 15 is 0 Å². The Kier molecular flexibility index (Phi) is 7.32. The highest BCUT2D eigenvalue weighted by molar-refractivity contribution is 7.21. The third-order valence-corrected chi connectivity index (χ3v) is 9.23. The number of anilines is 3. The summed E-state index contributed by atoms with van der Waals surface area (Å²) in [6, 6.07) is 7.54. The molecule has 0 bridgehead atoms. The number of piperazine rings is 1. The number of thiophene rings is 1. The van der Waals surface area contributed by atoms with E-state index in [9.17, 15) is 4.79 Å². The predicted octanol–water partition coefficient (Wildman–Crippen LogP) is 6.47. The van der Waals surface area contributed by atoms with Crippen LogP contribution in [0.25, 0.3) is 10.6 Å². The van der Waals surface area contributed by atoms with Crippen molar-refractivity contribution < 1.29 is 4.79 Å². The van der Waals surface area contributed by atoms with Gasteiger partial charge in [0.05, 0.1) is 20.6 Å². The number of nitrogens with one attached hydrogen (secondary N) is 1. The van der Waals surface area contributed by atoms with E-state index in [0.717, 1.165) is 47.8 Å². The van der Waals surface area contributed by atoms with Gasteiger partial charge in [0.1, 0.15) is 10.7 Å². The number of benzene rings is 1. The van der Waals surface area contributed by atoms with Crippen molar-refractivity contribution >= 4 is 67.6 Å². The zero-order chi connectivity index (χ0) is 23.7. The zero-order valence-corrected chi connectivity index (χ0v) is 21.9. The number of nitrogens with zero attached hydrogens (tertiary/aromatic N) is 3. The van der Waals surface area contributed by atoms with Gasteiger partial charge in [-0.3, -0.25) is 15.0 Å². The molecule has 10 heteroatoms. The van der Waals surface area contributed by atoms with Crippen LogP contribution in [0.1, 0.15) is 42.5 Å². The number of hydrogen-bond donors (Lipinski definition) is 2. The quantitative estimate of drug-likeness (QED) is 0.366. The molecule has 2 aromatic heterocycles. The first-order chi connectivity index (χ1) is 16.5. The number of carbonyl (C=O) groups excluding carboxylic acids is 1. The molecule has 1 amide bonds. The smallest absolute Gasteiger partial charge is 0.257 e. The molecule has 1 saturated carbocycles. The molecule has 3 heterocycles. The average molecular weight is 537 g/mol. The Morgan fingerprint density at radius 2 is 1.85 bits per heavy atom. The van der Waals surface area contributed by atoms with Crippen molar-refractivity contribution in [2.45, 2.75) is 38.1 Å². The van der Waals surface area contributed by atoms with Gasteiger partial charge in [0.2, 0.25) is 0 Å². The Morgan fingerprint density at radius 1 is 1.09 bits per heavy atom. The van der Waals surface area contributed by atoms with Crippen LogP contribution in [-0.4, -0.2) is 48.0 Å². The summed E-state index contributed by atoms with van der Waals surface area (Å²) in [4.78, 5) is 23.7. The lowest BCUT2D eigenvalue weighted by Gasteiger charge is -2.41. The first kappa shape index (κ1) is 23.9. The van der Waals surface area contributed by atoms with E-state index in [4.69, 9.17) is 33.9 Å². The number of rotatable bonds is 5. The fourth-order valence-corrected chi connectivity index (χ4v) is 7.09. The number of aromatic nitrogens is 1. The summed E-state index contributed by atoms with van der Waals surface area (Å²) in [5.41, 5.74) is 7.54. The van der Waals surface area contributed by atoms with Crippen LogP contribution in [0.4, 0.5) is 15.8 Å². The van der Waals surface area contributed by atoms with E-state index < -0.39 is 0 Å². The number of hydrogen-bond acceptors (Lipinski definition) is 7. The van der Waals surface area contributed by atoms with Crippen molar-refractivity contribution in [3.05, 3.63) is 45.3 Å². The summed E-state index contributed by atoms with van der Waals surface area (Å²) in [5.74, 6) is -0.264. The second kappa shape index (κ2) is 10.4. The summed E-state index contributed by atoms with van der Waals surface area (Å²) < 4.78 is 0. The molecule has 0 unspecified atom stereocenters. The summed E-state index contributed by atoms with van der Waals surface area (Å²) >= 11 is 15.4. The van der Waals surface area contributed by atoms with E-state index in [1.807, 2.05) is 11.4 Å². The average Bonchev–Trinajstić information content (AvgIpc) is 3.47. The lowest BCUT2D eigenvalue weighted by atomic mass is 9.94. The van der Waals surface area contributed by atoms with Gasteiger partial charge in [0.25, 0.3) is 5.91 Å². The number of carbonyl (C=O) groups is 1. The molecule has 1 aliphatic heterocycles. The largest absolute Gasteiger partial charge is 0.398 e. The number of halogens is 2. The van der Waals surface area contributed by atoms with Gasteiger partial charge < -0.3 is 10.6 Å². The van der Waals surface area contributed by atoms with Crippen LogP contribution < -0.4 is 16.0 Å². The minimum atomic E-state index is -0.264. The maximum absolute atomic E-state index is 12.9. The molecule has 34 heavy (non-hydrogen) atoms. The molecule has 2 fully saturated rings. The van der Waals surface area contributed by atoms with Crippen LogP contribution in [0.3, 0.4) is 0 Å². The van der Waals surface area contributed by atoms with E-state index in [0.29, 0.717) is 26.4 Å². The Hall–Kier alpha value is -1.84. The molecule has 3 N–H and O–H groups in total. The molecule has 1 aliphatic carbocycles. The Labute approximate surface area is 217 Å². The minimum Gasteiger partial charge on any atom is -0.398 e. The second-order valence-corrected chi connectivity index (χ2v) is 11.5. The molecule has 0 spiro atoms. The lowest BCUT2D eigenvalue weighted by Crippen LogP contribution is -2.50. The van der Waals surface area contributed by atoms with E-state index in [1.165, 1.54) is 43.4 Å². The molecule has 6 nitrogen and oxygen atoms in total. The highest BCUT2D eigenvalue weighted by Gasteiger charge is 2.28. The van der Waals surface area contributed by atoms with Crippen molar-refractivity contribution in [1.82, 2.24) is 9.88 Å². The predicted molar refractivity (Wildman–Crippen MR) is 145 cm³/mol. The van der Waals surface area contributed by atoms with Gasteiger partial charge in [-0.1, -0.05) is 53.8 Å². The first-order valence-corrected chi connectivity index (χ1v) is 14.0. The van der Waals surface area contributed by atoms with Gasteiger partial charge in [-0.05, 0) is 37.1 Å². The normalized spacial score (nSPS) is 17.8. The molecule has 0 radical (unpaired) electrons. The summed E-state index contributed by atoms with van der Waals surface area (Å²) in [7, 11) is 0. The third kappa shape index (κ3) is 5.21. The maximum atomic E-state index is 12.9. The number of nitrogens with two attached hydrogens (primary N) is 1. The van der Waals surface area contributed by atoms with Gasteiger partial charge in [-0.2, -0.15) is 0 Å². The number of thiazole rings is 1. The van der Waals surface area contributed by atoms with Crippen molar-refractivity contribution in [1.29, 1.82) is 0 Å². The molecular formula is C24H27Cl2N5OS2. The summed E-state index contributed by atoms with van der Waals surface area (Å²) in [6.45, 7) is 4.01. The number of amides is 1. The second-order valence-electron chi connectivity index (χ2n) is 8.81. The SMILES string of the molecule is Nc1ccc(C(=O)Nc2nc(-c3cc(Cl)cs3)c(N3CCN(C4CCCCC4)CC3)s2)cc1Cl. The molecule has 1 aromatic carbocycles. The highest BCUT2D eigenvalue weighted by Crippen LogP contribution is 2.42. The fraction of sp³-hybridized carbons (Fsp3) is 0.417. The van der Waals surface area contributed by atoms with E-state index in [-0.39, 0.29) is 5.91 Å². The molecule has 180 valence electrons. The third-order valence-electron chi connectivity index (χ3n) is 6.59. The Morgan fingerprint density at radius 3 is 2.53 bits per heavy atom. The van der Waals surface area contributed by atoms with E-state index in [2.05, 4.69) is 15.1 Å². The molecule has 3 aromatic rings. The van der Waals surface area contributed by atoms with E-state index in [1.54, 1.807) is 29.5 Å². The Bertz CT molecular complexity index is 1170. The topological polar surface area (TPSA) is 74.5 Å².